The van der Waals surface area contributed by atoms with Crippen LogP contribution in [0.4, 0.5) is 0 Å². The van der Waals surface area contributed by atoms with Crippen LogP contribution in [-0.4, -0.2) is 48.3 Å². The lowest BCUT2D eigenvalue weighted by Gasteiger charge is -2.30. The summed E-state index contributed by atoms with van der Waals surface area (Å²) in [6.45, 7) is 3.13. The molecule has 106 valence electrons. The summed E-state index contributed by atoms with van der Waals surface area (Å²) >= 11 is 0. The molecule has 0 aromatic heterocycles. The average molecular weight is 275 g/mol. The summed E-state index contributed by atoms with van der Waals surface area (Å²) in [6, 6.07) is 7.70. The topological polar surface area (TPSA) is 59.0 Å². The van der Waals surface area contributed by atoms with Crippen LogP contribution in [0.2, 0.25) is 0 Å². The van der Waals surface area contributed by atoms with Gasteiger partial charge in [0.25, 0.3) is 0 Å². The smallest absolute Gasteiger partial charge is 0.307 e. The van der Waals surface area contributed by atoms with Crippen LogP contribution in [-0.2, 0) is 4.79 Å². The number of hydrogen-bond acceptors (Lipinski definition) is 4. The van der Waals surface area contributed by atoms with Crippen LogP contribution in [0.5, 0.6) is 11.5 Å². The van der Waals surface area contributed by atoms with Crippen LogP contribution in [0.15, 0.2) is 24.3 Å². The minimum atomic E-state index is -0.633. The van der Waals surface area contributed by atoms with Gasteiger partial charge in [0.2, 0.25) is 0 Å². The summed E-state index contributed by atoms with van der Waals surface area (Å²) in [6.07, 6.45) is 0.0330. The molecule has 1 aliphatic carbocycles. The number of aliphatic carboxylic acids is 1. The Morgan fingerprint density at radius 2 is 1.95 bits per heavy atom. The number of fused-ring (bicyclic) bond motifs is 2. The molecule has 0 radical (unpaired) electrons. The zero-order valence-electron chi connectivity index (χ0n) is 11.1. The highest BCUT2D eigenvalue weighted by Crippen LogP contribution is 2.51. The third kappa shape index (κ3) is 1.93. The van der Waals surface area contributed by atoms with Crippen LogP contribution in [0.25, 0.3) is 0 Å². The lowest BCUT2D eigenvalue weighted by atomic mass is 10.2. The van der Waals surface area contributed by atoms with E-state index < -0.39 is 5.97 Å². The molecule has 2 fully saturated rings. The summed E-state index contributed by atoms with van der Waals surface area (Å²) < 4.78 is 11.6. The summed E-state index contributed by atoms with van der Waals surface area (Å²) in [4.78, 5) is 13.2. The van der Waals surface area contributed by atoms with Crippen molar-refractivity contribution in [1.29, 1.82) is 0 Å². The summed E-state index contributed by atoms with van der Waals surface area (Å²) in [5.74, 6) is 1.57. The maximum Gasteiger partial charge on any atom is 0.307 e. The second-order valence-corrected chi connectivity index (χ2v) is 5.91. The molecule has 4 atom stereocenters. The Balaban J connectivity index is 1.33. The Hall–Kier alpha value is -1.75. The van der Waals surface area contributed by atoms with Gasteiger partial charge >= 0.3 is 5.97 Å². The lowest BCUT2D eigenvalue weighted by Crippen LogP contribution is -2.41. The van der Waals surface area contributed by atoms with Crippen molar-refractivity contribution in [3.8, 4) is 11.5 Å². The predicted molar refractivity (Wildman–Crippen MR) is 70.9 cm³/mol. The molecule has 5 heteroatoms. The molecule has 2 aliphatic heterocycles. The highest BCUT2D eigenvalue weighted by Gasteiger charge is 2.59. The number of nitrogens with zero attached hydrogens (tertiary/aromatic N) is 1. The van der Waals surface area contributed by atoms with Gasteiger partial charge in [0.05, 0.1) is 5.92 Å². The second kappa shape index (κ2) is 4.38. The first-order valence-corrected chi connectivity index (χ1v) is 7.06. The summed E-state index contributed by atoms with van der Waals surface area (Å²) in [5, 5.41) is 9.01. The maximum absolute atomic E-state index is 10.9. The van der Waals surface area contributed by atoms with Gasteiger partial charge in [0, 0.05) is 19.6 Å². The van der Waals surface area contributed by atoms with Crippen molar-refractivity contribution in [1.82, 2.24) is 4.90 Å². The fourth-order valence-electron chi connectivity index (χ4n) is 3.57. The van der Waals surface area contributed by atoms with Gasteiger partial charge in [0.15, 0.2) is 11.5 Å². The number of likely N-dealkylation sites (tertiary alicyclic amines) is 1. The highest BCUT2D eigenvalue weighted by molar-refractivity contribution is 5.74. The SMILES string of the molecule is O=C(O)C1[C@H]2CN(CC3COc4ccccc4O3)C[C@@H]12. The molecule has 1 aromatic carbocycles. The number of benzene rings is 1. The van der Waals surface area contributed by atoms with Crippen molar-refractivity contribution in [2.24, 2.45) is 17.8 Å². The molecule has 20 heavy (non-hydrogen) atoms. The Morgan fingerprint density at radius 3 is 2.65 bits per heavy atom. The molecule has 1 N–H and O–H groups in total. The summed E-state index contributed by atoms with van der Waals surface area (Å²) in [5.41, 5.74) is 0. The number of carboxylic acid groups (broad SMARTS) is 1. The van der Waals surface area contributed by atoms with Crippen molar-refractivity contribution in [3.05, 3.63) is 24.3 Å². The first kappa shape index (κ1) is 12.0. The maximum atomic E-state index is 10.9. The standard InChI is InChI=1S/C15H17NO4/c17-15(18)14-10-6-16(7-11(10)14)5-9-8-19-12-3-1-2-4-13(12)20-9/h1-4,9-11,14H,5-8H2,(H,17,18)/t9?,10-,11+,14?. The van der Waals surface area contributed by atoms with Crippen LogP contribution in [0.1, 0.15) is 0 Å². The van der Waals surface area contributed by atoms with E-state index in [9.17, 15) is 4.79 Å². The summed E-state index contributed by atoms with van der Waals surface area (Å²) in [7, 11) is 0. The number of rotatable bonds is 3. The van der Waals surface area contributed by atoms with Gasteiger partial charge in [-0.1, -0.05) is 12.1 Å². The van der Waals surface area contributed by atoms with Gasteiger partial charge in [-0.2, -0.15) is 0 Å². The van der Waals surface area contributed by atoms with Crippen LogP contribution in [0, 0.1) is 17.8 Å². The van der Waals surface area contributed by atoms with E-state index in [1.165, 1.54) is 0 Å². The largest absolute Gasteiger partial charge is 0.486 e. The fraction of sp³-hybridized carbons (Fsp3) is 0.533. The van der Waals surface area contributed by atoms with Crippen LogP contribution in [0.3, 0.4) is 0 Å². The Labute approximate surface area is 117 Å². The zero-order valence-corrected chi connectivity index (χ0v) is 11.1. The lowest BCUT2D eigenvalue weighted by molar-refractivity contribution is -0.139. The molecule has 1 saturated carbocycles. The Bertz CT molecular complexity index is 534. The van der Waals surface area contributed by atoms with E-state index >= 15 is 0 Å². The van der Waals surface area contributed by atoms with Gasteiger partial charge in [-0.15, -0.1) is 0 Å². The molecule has 0 bridgehead atoms. The van der Waals surface area contributed by atoms with Crippen molar-refractivity contribution in [2.75, 3.05) is 26.2 Å². The minimum absolute atomic E-state index is 0.0330. The van der Waals surface area contributed by atoms with Crippen LogP contribution < -0.4 is 9.47 Å². The number of carbonyl (C=O) groups is 1. The highest BCUT2D eigenvalue weighted by atomic mass is 16.6. The van der Waals surface area contributed by atoms with Crippen molar-refractivity contribution in [2.45, 2.75) is 6.10 Å². The first-order chi connectivity index (χ1) is 9.72. The monoisotopic (exact) mass is 275 g/mol. The quantitative estimate of drug-likeness (QED) is 0.895. The van der Waals surface area contributed by atoms with E-state index in [1.807, 2.05) is 24.3 Å². The van der Waals surface area contributed by atoms with E-state index in [-0.39, 0.29) is 12.0 Å². The van der Waals surface area contributed by atoms with E-state index in [0.717, 1.165) is 31.1 Å². The molecule has 0 amide bonds. The van der Waals surface area contributed by atoms with Crippen molar-refractivity contribution in [3.63, 3.8) is 0 Å². The molecular formula is C15H17NO4. The Kier molecular flexibility index (Phi) is 2.63. The first-order valence-electron chi connectivity index (χ1n) is 7.06. The molecule has 1 aromatic rings. The number of piperidine rings is 1. The molecule has 2 unspecified atom stereocenters. The third-order valence-corrected chi connectivity index (χ3v) is 4.58. The van der Waals surface area contributed by atoms with Crippen LogP contribution >= 0.6 is 0 Å². The minimum Gasteiger partial charge on any atom is -0.486 e. The number of para-hydroxylation sites is 2. The van der Waals surface area contributed by atoms with Gasteiger partial charge in [-0.05, 0) is 24.0 Å². The third-order valence-electron chi connectivity index (χ3n) is 4.58. The second-order valence-electron chi connectivity index (χ2n) is 5.91. The number of hydrogen-bond donors (Lipinski definition) is 1. The van der Waals surface area contributed by atoms with Gasteiger partial charge in [-0.25, -0.2) is 0 Å². The fourth-order valence-corrected chi connectivity index (χ4v) is 3.57. The molecule has 4 rings (SSSR count). The van der Waals surface area contributed by atoms with Gasteiger partial charge < -0.3 is 14.6 Å². The van der Waals surface area contributed by atoms with E-state index in [0.29, 0.717) is 18.4 Å². The predicted octanol–water partition coefficient (Wildman–Crippen LogP) is 1.09. The van der Waals surface area contributed by atoms with E-state index in [2.05, 4.69) is 4.90 Å². The number of ether oxygens (including phenoxy) is 2. The van der Waals surface area contributed by atoms with Crippen molar-refractivity contribution < 1.29 is 19.4 Å². The molecular weight excluding hydrogens is 258 g/mol. The molecule has 0 spiro atoms. The van der Waals surface area contributed by atoms with Gasteiger partial charge in [0.1, 0.15) is 12.7 Å². The van der Waals surface area contributed by atoms with E-state index in [1.54, 1.807) is 0 Å². The van der Waals surface area contributed by atoms with Crippen molar-refractivity contribution >= 4 is 5.97 Å². The Morgan fingerprint density at radius 1 is 1.25 bits per heavy atom. The molecule has 1 saturated heterocycles. The van der Waals surface area contributed by atoms with E-state index in [4.69, 9.17) is 14.6 Å². The normalized spacial score (nSPS) is 34.6. The van der Waals surface area contributed by atoms with Gasteiger partial charge in [-0.3, -0.25) is 9.69 Å². The molecule has 5 nitrogen and oxygen atoms in total. The zero-order chi connectivity index (χ0) is 13.7. The molecule has 2 heterocycles. The number of carboxylic acids is 1. The molecule has 3 aliphatic rings. The average Bonchev–Trinajstić information content (AvgIpc) is 2.97.